The average Bonchev–Trinajstić information content (AvgIpc) is 2.84. The monoisotopic (exact) mass is 284 g/mol. The van der Waals surface area contributed by atoms with E-state index in [1.54, 1.807) is 24.3 Å². The van der Waals surface area contributed by atoms with Crippen molar-refractivity contribution in [3.63, 3.8) is 0 Å². The van der Waals surface area contributed by atoms with Crippen molar-refractivity contribution in [2.75, 3.05) is 19.7 Å². The lowest BCUT2D eigenvalue weighted by molar-refractivity contribution is 0.317. The van der Waals surface area contributed by atoms with Gasteiger partial charge in [0.05, 0.1) is 11.5 Å². The summed E-state index contributed by atoms with van der Waals surface area (Å²) in [6.07, 6.45) is 1.64. The van der Waals surface area contributed by atoms with Crippen molar-refractivity contribution >= 4 is 10.0 Å². The van der Waals surface area contributed by atoms with Gasteiger partial charge in [-0.25, -0.2) is 8.42 Å². The molecule has 1 atom stereocenters. The molecule has 2 rings (SSSR count). The highest BCUT2D eigenvalue weighted by molar-refractivity contribution is 7.89. The zero-order valence-corrected chi connectivity index (χ0v) is 11.9. The second-order valence-electron chi connectivity index (χ2n) is 4.73. The lowest BCUT2D eigenvalue weighted by atomic mass is 10.3. The normalized spacial score (nSPS) is 20.6. The molecule has 0 radical (unpaired) electrons. The van der Waals surface area contributed by atoms with Gasteiger partial charge in [-0.15, -0.1) is 0 Å². The Morgan fingerprint density at radius 2 is 2.05 bits per heavy atom. The van der Waals surface area contributed by atoms with Crippen molar-refractivity contribution in [1.82, 2.24) is 4.31 Å². The van der Waals surface area contributed by atoms with Crippen LogP contribution in [0.2, 0.25) is 0 Å². The van der Waals surface area contributed by atoms with E-state index in [2.05, 4.69) is 0 Å². The summed E-state index contributed by atoms with van der Waals surface area (Å²) in [4.78, 5) is 0.297. The maximum atomic E-state index is 12.3. The minimum Gasteiger partial charge on any atom is -0.494 e. The first-order valence-corrected chi connectivity index (χ1v) is 7.96. The van der Waals surface area contributed by atoms with Crippen LogP contribution in [-0.4, -0.2) is 38.5 Å². The van der Waals surface area contributed by atoms with E-state index in [9.17, 15) is 8.42 Å². The van der Waals surface area contributed by atoms with E-state index in [1.807, 2.05) is 6.92 Å². The Morgan fingerprint density at radius 1 is 1.37 bits per heavy atom. The SMILES string of the molecule is CCCOc1ccc(S(=O)(=O)N2CC[C@H](N)C2)cc1. The van der Waals surface area contributed by atoms with Crippen molar-refractivity contribution in [1.29, 1.82) is 0 Å². The van der Waals surface area contributed by atoms with Gasteiger partial charge in [-0.2, -0.15) is 4.31 Å². The third-order valence-electron chi connectivity index (χ3n) is 3.12. The van der Waals surface area contributed by atoms with E-state index >= 15 is 0 Å². The van der Waals surface area contributed by atoms with Crippen molar-refractivity contribution in [2.24, 2.45) is 5.73 Å². The number of hydrogen-bond donors (Lipinski definition) is 1. The van der Waals surface area contributed by atoms with E-state index in [-0.39, 0.29) is 6.04 Å². The highest BCUT2D eigenvalue weighted by atomic mass is 32.2. The van der Waals surface area contributed by atoms with E-state index in [0.717, 1.165) is 12.8 Å². The third kappa shape index (κ3) is 3.26. The third-order valence-corrected chi connectivity index (χ3v) is 5.00. The molecule has 0 aliphatic carbocycles. The zero-order valence-electron chi connectivity index (χ0n) is 11.1. The largest absolute Gasteiger partial charge is 0.494 e. The molecule has 0 aromatic heterocycles. The number of nitrogens with zero attached hydrogens (tertiary/aromatic N) is 1. The minimum absolute atomic E-state index is 0.0538. The standard InChI is InChI=1S/C13H20N2O3S/c1-2-9-18-12-3-5-13(6-4-12)19(16,17)15-8-7-11(14)10-15/h3-6,11H,2,7-10,14H2,1H3/t11-/m0/s1. The Morgan fingerprint density at radius 3 is 2.58 bits per heavy atom. The molecule has 1 aromatic carbocycles. The Hall–Kier alpha value is -1.11. The fourth-order valence-corrected chi connectivity index (χ4v) is 3.56. The summed E-state index contributed by atoms with van der Waals surface area (Å²) in [5.74, 6) is 0.693. The van der Waals surface area contributed by atoms with Crippen LogP contribution in [0.5, 0.6) is 5.75 Å². The summed E-state index contributed by atoms with van der Waals surface area (Å²) in [5, 5.41) is 0. The van der Waals surface area contributed by atoms with Crippen molar-refractivity contribution < 1.29 is 13.2 Å². The van der Waals surface area contributed by atoms with Crippen LogP contribution in [-0.2, 0) is 10.0 Å². The predicted octanol–water partition coefficient (Wildman–Crippen LogP) is 1.20. The molecule has 0 saturated carbocycles. The lowest BCUT2D eigenvalue weighted by Crippen LogP contribution is -2.31. The Kier molecular flexibility index (Phi) is 4.44. The van der Waals surface area contributed by atoms with Crippen LogP contribution in [0, 0.1) is 0 Å². The maximum absolute atomic E-state index is 12.3. The van der Waals surface area contributed by atoms with Gasteiger partial charge >= 0.3 is 0 Å². The number of benzene rings is 1. The number of nitrogens with two attached hydrogens (primary N) is 1. The summed E-state index contributed by atoms with van der Waals surface area (Å²) in [5.41, 5.74) is 5.75. The zero-order chi connectivity index (χ0) is 13.9. The van der Waals surface area contributed by atoms with Crippen LogP contribution in [0.25, 0.3) is 0 Å². The van der Waals surface area contributed by atoms with Gasteiger partial charge in [0.2, 0.25) is 10.0 Å². The fraction of sp³-hybridized carbons (Fsp3) is 0.538. The Labute approximate surface area is 114 Å². The highest BCUT2D eigenvalue weighted by Crippen LogP contribution is 2.22. The predicted molar refractivity (Wildman–Crippen MR) is 73.6 cm³/mol. The molecule has 5 nitrogen and oxygen atoms in total. The molecule has 1 fully saturated rings. The molecule has 1 saturated heterocycles. The molecule has 0 spiro atoms. The van der Waals surface area contributed by atoms with Crippen molar-refractivity contribution in [2.45, 2.75) is 30.7 Å². The molecular weight excluding hydrogens is 264 g/mol. The number of ether oxygens (including phenoxy) is 1. The summed E-state index contributed by atoms with van der Waals surface area (Å²) >= 11 is 0. The Bertz CT molecular complexity index is 513. The van der Waals surface area contributed by atoms with E-state index in [1.165, 1.54) is 4.31 Å². The first kappa shape index (κ1) is 14.3. The topological polar surface area (TPSA) is 72.6 Å². The van der Waals surface area contributed by atoms with Gasteiger partial charge in [0.1, 0.15) is 5.75 Å². The lowest BCUT2D eigenvalue weighted by Gasteiger charge is -2.16. The van der Waals surface area contributed by atoms with Gasteiger partial charge in [-0.05, 0) is 37.1 Å². The molecule has 1 aliphatic rings. The molecule has 1 aliphatic heterocycles. The first-order valence-electron chi connectivity index (χ1n) is 6.52. The fourth-order valence-electron chi connectivity index (χ4n) is 2.05. The second-order valence-corrected chi connectivity index (χ2v) is 6.67. The summed E-state index contributed by atoms with van der Waals surface area (Å²) in [6.45, 7) is 3.55. The van der Waals surface area contributed by atoms with Crippen LogP contribution in [0.4, 0.5) is 0 Å². The van der Waals surface area contributed by atoms with Gasteiger partial charge in [0, 0.05) is 19.1 Å². The molecular formula is C13H20N2O3S. The van der Waals surface area contributed by atoms with E-state index in [0.29, 0.717) is 30.3 Å². The number of rotatable bonds is 5. The van der Waals surface area contributed by atoms with Gasteiger partial charge in [0.25, 0.3) is 0 Å². The number of sulfonamides is 1. The molecule has 0 bridgehead atoms. The molecule has 2 N–H and O–H groups in total. The van der Waals surface area contributed by atoms with Gasteiger partial charge in [0.15, 0.2) is 0 Å². The molecule has 0 unspecified atom stereocenters. The second kappa shape index (κ2) is 5.90. The van der Waals surface area contributed by atoms with Crippen LogP contribution in [0.3, 0.4) is 0 Å². The number of hydrogen-bond acceptors (Lipinski definition) is 4. The summed E-state index contributed by atoms with van der Waals surface area (Å²) < 4.78 is 31.6. The molecule has 1 aromatic rings. The first-order chi connectivity index (χ1) is 9.04. The molecule has 6 heteroatoms. The van der Waals surface area contributed by atoms with Crippen molar-refractivity contribution in [3.05, 3.63) is 24.3 Å². The van der Waals surface area contributed by atoms with E-state index < -0.39 is 10.0 Å². The quantitative estimate of drug-likeness (QED) is 0.881. The van der Waals surface area contributed by atoms with E-state index in [4.69, 9.17) is 10.5 Å². The van der Waals surface area contributed by atoms with Gasteiger partial charge in [-0.3, -0.25) is 0 Å². The van der Waals surface area contributed by atoms with Gasteiger partial charge in [-0.1, -0.05) is 6.92 Å². The summed E-state index contributed by atoms with van der Waals surface area (Å²) in [6, 6.07) is 6.51. The molecule has 1 heterocycles. The maximum Gasteiger partial charge on any atom is 0.243 e. The van der Waals surface area contributed by atoms with Crippen molar-refractivity contribution in [3.8, 4) is 5.75 Å². The van der Waals surface area contributed by atoms with Gasteiger partial charge < -0.3 is 10.5 Å². The smallest absolute Gasteiger partial charge is 0.243 e. The molecule has 106 valence electrons. The highest BCUT2D eigenvalue weighted by Gasteiger charge is 2.30. The average molecular weight is 284 g/mol. The van der Waals surface area contributed by atoms with Crippen LogP contribution in [0.1, 0.15) is 19.8 Å². The minimum atomic E-state index is -3.41. The van der Waals surface area contributed by atoms with Crippen LogP contribution in [0.15, 0.2) is 29.2 Å². The summed E-state index contributed by atoms with van der Waals surface area (Å²) in [7, 11) is -3.41. The molecule has 0 amide bonds. The molecule has 19 heavy (non-hydrogen) atoms. The van der Waals surface area contributed by atoms with Crippen LogP contribution < -0.4 is 10.5 Å². The van der Waals surface area contributed by atoms with Crippen LogP contribution >= 0.6 is 0 Å². The Balaban J connectivity index is 2.12.